The summed E-state index contributed by atoms with van der Waals surface area (Å²) < 4.78 is 6.31. The Balaban J connectivity index is 2.67. The van der Waals surface area contributed by atoms with Gasteiger partial charge in [0.25, 0.3) is 0 Å². The molecule has 1 aromatic carbocycles. The molecule has 1 heterocycles. The summed E-state index contributed by atoms with van der Waals surface area (Å²) in [4.78, 5) is 3.13. The van der Waals surface area contributed by atoms with Crippen molar-refractivity contribution >= 4 is 21.6 Å². The van der Waals surface area contributed by atoms with Gasteiger partial charge in [0.2, 0.25) is 11.0 Å². The van der Waals surface area contributed by atoms with Crippen molar-refractivity contribution in [1.29, 1.82) is 0 Å². The third kappa shape index (κ3) is 1.07. The second kappa shape index (κ2) is 2.51. The van der Waals surface area contributed by atoms with E-state index >= 15 is 0 Å². The van der Waals surface area contributed by atoms with Gasteiger partial charge in [-0.25, -0.2) is 4.98 Å². The van der Waals surface area contributed by atoms with Gasteiger partial charge in [0, 0.05) is 12.1 Å². The molecular formula is C8H8NOS+. The molecule has 0 saturated heterocycles. The van der Waals surface area contributed by atoms with Crippen molar-refractivity contribution in [2.45, 2.75) is 0 Å². The Bertz CT molecular complexity index is 369. The normalized spacial score (nSPS) is 10.3. The van der Waals surface area contributed by atoms with Crippen LogP contribution in [0.5, 0.6) is 5.75 Å². The van der Waals surface area contributed by atoms with Crippen molar-refractivity contribution in [3.8, 4) is 5.75 Å². The summed E-state index contributed by atoms with van der Waals surface area (Å²) in [5.74, 6) is 0.911. The lowest BCUT2D eigenvalue weighted by molar-refractivity contribution is -0.338. The number of H-pyrrole nitrogens is 1. The third-order valence-corrected chi connectivity index (χ3v) is 2.42. The van der Waals surface area contributed by atoms with E-state index in [0.717, 1.165) is 11.3 Å². The zero-order valence-electron chi connectivity index (χ0n) is 6.13. The van der Waals surface area contributed by atoms with Crippen molar-refractivity contribution in [2.75, 3.05) is 7.11 Å². The number of benzene rings is 1. The van der Waals surface area contributed by atoms with Crippen LogP contribution in [0.2, 0.25) is 0 Å². The van der Waals surface area contributed by atoms with Crippen LogP contribution < -0.4 is 9.72 Å². The van der Waals surface area contributed by atoms with Crippen molar-refractivity contribution in [3.63, 3.8) is 0 Å². The zero-order valence-corrected chi connectivity index (χ0v) is 6.94. The number of ether oxygens (including phenoxy) is 1. The number of hydrogen-bond acceptors (Lipinski definition) is 2. The van der Waals surface area contributed by atoms with Gasteiger partial charge in [0.1, 0.15) is 10.4 Å². The fraction of sp³-hybridized carbons (Fsp3) is 0.125. The standard InChI is InChI=1S/C8H7NOS/c1-10-6-2-3-7-8(4-6)11-5-9-7/h2-5H,1H3/p+1. The Kier molecular flexibility index (Phi) is 1.51. The first kappa shape index (κ1) is 6.61. The molecule has 2 nitrogen and oxygen atoms in total. The average Bonchev–Trinajstić information content (AvgIpc) is 2.50. The number of nitrogens with one attached hydrogen (secondary N) is 1. The van der Waals surface area contributed by atoms with Crippen molar-refractivity contribution in [2.24, 2.45) is 0 Å². The molecule has 0 aliphatic heterocycles. The SMILES string of the molecule is COc1ccc2[nH+]csc2c1. The Hall–Kier alpha value is -1.09. The maximum atomic E-state index is 5.08. The lowest BCUT2D eigenvalue weighted by Gasteiger charge is -1.94. The van der Waals surface area contributed by atoms with Gasteiger partial charge in [-0.1, -0.05) is 11.3 Å². The largest absolute Gasteiger partial charge is 0.497 e. The third-order valence-electron chi connectivity index (χ3n) is 1.59. The molecule has 0 aliphatic rings. The predicted octanol–water partition coefficient (Wildman–Crippen LogP) is 1.72. The van der Waals surface area contributed by atoms with E-state index in [1.54, 1.807) is 18.4 Å². The number of methoxy groups -OCH3 is 1. The molecule has 2 rings (SSSR count). The first-order valence-corrected chi connectivity index (χ1v) is 4.21. The van der Waals surface area contributed by atoms with Crippen molar-refractivity contribution in [3.05, 3.63) is 23.7 Å². The van der Waals surface area contributed by atoms with E-state index in [9.17, 15) is 0 Å². The lowest BCUT2D eigenvalue weighted by Crippen LogP contribution is -1.93. The minimum atomic E-state index is 0.911. The average molecular weight is 166 g/mol. The van der Waals surface area contributed by atoms with Crippen LogP contribution >= 0.6 is 11.3 Å². The van der Waals surface area contributed by atoms with E-state index in [-0.39, 0.29) is 0 Å². The van der Waals surface area contributed by atoms with Crippen LogP contribution in [0.15, 0.2) is 23.7 Å². The molecule has 1 N–H and O–H groups in total. The van der Waals surface area contributed by atoms with E-state index in [2.05, 4.69) is 4.98 Å². The molecule has 0 aliphatic carbocycles. The van der Waals surface area contributed by atoms with Gasteiger partial charge in [-0.05, 0) is 6.07 Å². The summed E-state index contributed by atoms with van der Waals surface area (Å²) in [6.45, 7) is 0. The van der Waals surface area contributed by atoms with Gasteiger partial charge in [-0.15, -0.1) is 0 Å². The highest BCUT2D eigenvalue weighted by Gasteiger charge is 2.02. The Morgan fingerprint density at radius 1 is 1.45 bits per heavy atom. The minimum Gasteiger partial charge on any atom is -0.497 e. The van der Waals surface area contributed by atoms with Crippen LogP contribution in [0.1, 0.15) is 0 Å². The van der Waals surface area contributed by atoms with Gasteiger partial charge < -0.3 is 4.74 Å². The molecule has 3 heteroatoms. The van der Waals surface area contributed by atoms with Gasteiger partial charge in [0.05, 0.1) is 7.11 Å². The molecule has 1 aromatic heterocycles. The fourth-order valence-corrected chi connectivity index (χ4v) is 1.75. The monoisotopic (exact) mass is 166 g/mol. The van der Waals surface area contributed by atoms with E-state index < -0.39 is 0 Å². The quantitative estimate of drug-likeness (QED) is 0.632. The maximum absolute atomic E-state index is 5.08. The topological polar surface area (TPSA) is 23.4 Å². The van der Waals surface area contributed by atoms with Crippen molar-refractivity contribution in [1.82, 2.24) is 0 Å². The summed E-state index contributed by atoms with van der Waals surface area (Å²) in [5, 5.41) is 0. The highest BCUT2D eigenvalue weighted by Crippen LogP contribution is 2.20. The van der Waals surface area contributed by atoms with E-state index in [1.165, 1.54) is 4.70 Å². The molecule has 0 radical (unpaired) electrons. The summed E-state index contributed by atoms with van der Waals surface area (Å²) in [6, 6.07) is 5.99. The summed E-state index contributed by atoms with van der Waals surface area (Å²) in [5.41, 5.74) is 3.13. The minimum absolute atomic E-state index is 0.911. The van der Waals surface area contributed by atoms with Gasteiger partial charge in [-0.3, -0.25) is 0 Å². The van der Waals surface area contributed by atoms with Crippen LogP contribution in [0, 0.1) is 0 Å². The van der Waals surface area contributed by atoms with Gasteiger partial charge in [-0.2, -0.15) is 0 Å². The van der Waals surface area contributed by atoms with Gasteiger partial charge in [0.15, 0.2) is 0 Å². The summed E-state index contributed by atoms with van der Waals surface area (Å²) >= 11 is 1.68. The predicted molar refractivity (Wildman–Crippen MR) is 44.9 cm³/mol. The molecule has 11 heavy (non-hydrogen) atoms. The number of aromatic nitrogens is 1. The molecule has 0 amide bonds. The van der Waals surface area contributed by atoms with Crippen LogP contribution in [-0.4, -0.2) is 7.11 Å². The second-order valence-corrected chi connectivity index (χ2v) is 3.15. The molecule has 0 spiro atoms. The first-order valence-electron chi connectivity index (χ1n) is 3.33. The number of fused-ring (bicyclic) bond motifs is 1. The smallest absolute Gasteiger partial charge is 0.224 e. The van der Waals surface area contributed by atoms with Crippen molar-refractivity contribution < 1.29 is 9.72 Å². The lowest BCUT2D eigenvalue weighted by atomic mass is 10.3. The van der Waals surface area contributed by atoms with E-state index in [1.807, 2.05) is 23.7 Å². The molecule has 0 unspecified atom stereocenters. The number of thiazole rings is 1. The van der Waals surface area contributed by atoms with Crippen LogP contribution in [0.3, 0.4) is 0 Å². The molecule has 56 valence electrons. The number of hydrogen-bond donors (Lipinski definition) is 0. The van der Waals surface area contributed by atoms with Crippen LogP contribution in [0.4, 0.5) is 0 Å². The zero-order chi connectivity index (χ0) is 7.68. The van der Waals surface area contributed by atoms with E-state index in [0.29, 0.717) is 0 Å². The number of aromatic amines is 1. The Morgan fingerprint density at radius 3 is 3.18 bits per heavy atom. The van der Waals surface area contributed by atoms with Crippen LogP contribution in [-0.2, 0) is 0 Å². The maximum Gasteiger partial charge on any atom is 0.224 e. The molecule has 0 fully saturated rings. The highest BCUT2D eigenvalue weighted by molar-refractivity contribution is 7.16. The first-order chi connectivity index (χ1) is 5.40. The van der Waals surface area contributed by atoms with E-state index in [4.69, 9.17) is 4.74 Å². The Morgan fingerprint density at radius 2 is 2.36 bits per heavy atom. The summed E-state index contributed by atoms with van der Waals surface area (Å²) in [6.07, 6.45) is 0. The number of rotatable bonds is 1. The second-order valence-electron chi connectivity index (χ2n) is 2.24. The molecule has 0 bridgehead atoms. The molecule has 2 aromatic rings. The highest BCUT2D eigenvalue weighted by atomic mass is 32.1. The molecule has 0 atom stereocenters. The Labute approximate surface area is 68.5 Å². The van der Waals surface area contributed by atoms with Crippen LogP contribution in [0.25, 0.3) is 10.2 Å². The molecule has 0 saturated carbocycles. The van der Waals surface area contributed by atoms with Gasteiger partial charge >= 0.3 is 0 Å². The summed E-state index contributed by atoms with van der Waals surface area (Å²) in [7, 11) is 1.68. The fourth-order valence-electron chi connectivity index (χ4n) is 1.00. The molecular weight excluding hydrogens is 158 g/mol.